The van der Waals surface area contributed by atoms with Crippen molar-refractivity contribution in [2.75, 3.05) is 11.9 Å². The number of rotatable bonds is 4. The Bertz CT molecular complexity index is 590. The molecule has 0 aliphatic heterocycles. The van der Waals surface area contributed by atoms with Gasteiger partial charge in [0.15, 0.2) is 0 Å². The largest absolute Gasteiger partial charge is 0.478 e. The zero-order valence-electron chi connectivity index (χ0n) is 10.3. The number of pyridine rings is 2. The third kappa shape index (κ3) is 3.51. The molecule has 1 amide bonds. The molecule has 1 N–H and O–H groups in total. The summed E-state index contributed by atoms with van der Waals surface area (Å²) >= 11 is 3.24. The smallest absolute Gasteiger partial charge is 0.258 e. The molecule has 19 heavy (non-hydrogen) atoms. The molecule has 0 bridgehead atoms. The normalized spacial score (nSPS) is 10.0. The molecule has 0 saturated carbocycles. The number of nitrogens with one attached hydrogen (secondary N) is 1. The molecule has 98 valence electrons. The molecule has 6 heteroatoms. The molecule has 0 aromatic carbocycles. The van der Waals surface area contributed by atoms with E-state index in [1.807, 2.05) is 6.92 Å². The lowest BCUT2D eigenvalue weighted by molar-refractivity contribution is 0.102. The summed E-state index contributed by atoms with van der Waals surface area (Å²) in [6, 6.07) is 6.77. The van der Waals surface area contributed by atoms with Crippen LogP contribution in [0.1, 0.15) is 17.3 Å². The maximum Gasteiger partial charge on any atom is 0.258 e. The first-order valence-corrected chi connectivity index (χ1v) is 6.50. The Hall–Kier alpha value is -1.95. The van der Waals surface area contributed by atoms with Crippen LogP contribution in [0.25, 0.3) is 0 Å². The Morgan fingerprint density at radius 3 is 2.95 bits per heavy atom. The summed E-state index contributed by atoms with van der Waals surface area (Å²) in [7, 11) is 0. The predicted molar refractivity (Wildman–Crippen MR) is 75.3 cm³/mol. The van der Waals surface area contributed by atoms with Crippen molar-refractivity contribution in [2.45, 2.75) is 6.92 Å². The van der Waals surface area contributed by atoms with Gasteiger partial charge in [0.25, 0.3) is 5.91 Å². The minimum atomic E-state index is -0.242. The van der Waals surface area contributed by atoms with Gasteiger partial charge in [-0.3, -0.25) is 4.79 Å². The molecule has 2 aromatic heterocycles. The molecule has 0 spiro atoms. The first-order valence-electron chi connectivity index (χ1n) is 5.71. The molecule has 2 rings (SSSR count). The van der Waals surface area contributed by atoms with Gasteiger partial charge in [0.1, 0.15) is 4.60 Å². The number of amides is 1. The first kappa shape index (κ1) is 13.5. The second-order valence-corrected chi connectivity index (χ2v) is 4.36. The van der Waals surface area contributed by atoms with Crippen molar-refractivity contribution < 1.29 is 9.53 Å². The van der Waals surface area contributed by atoms with Gasteiger partial charge in [0.2, 0.25) is 5.88 Å². The van der Waals surface area contributed by atoms with Gasteiger partial charge in [-0.25, -0.2) is 9.97 Å². The van der Waals surface area contributed by atoms with Gasteiger partial charge < -0.3 is 10.1 Å². The van der Waals surface area contributed by atoms with Crippen LogP contribution >= 0.6 is 15.9 Å². The van der Waals surface area contributed by atoms with Gasteiger partial charge in [-0.05, 0) is 41.1 Å². The lowest BCUT2D eigenvalue weighted by Crippen LogP contribution is -2.13. The Kier molecular flexibility index (Phi) is 4.46. The van der Waals surface area contributed by atoms with Crippen LogP contribution in [0.4, 0.5) is 5.69 Å². The predicted octanol–water partition coefficient (Wildman–Crippen LogP) is 2.89. The monoisotopic (exact) mass is 321 g/mol. The van der Waals surface area contributed by atoms with Crippen LogP contribution in [0.3, 0.4) is 0 Å². The molecule has 0 aliphatic carbocycles. The van der Waals surface area contributed by atoms with Crippen LogP contribution in [-0.2, 0) is 0 Å². The van der Waals surface area contributed by atoms with Crippen LogP contribution in [0, 0.1) is 0 Å². The molecule has 0 saturated heterocycles. The molecule has 0 unspecified atom stereocenters. The second-order valence-electron chi connectivity index (χ2n) is 3.61. The highest BCUT2D eigenvalue weighted by Crippen LogP contribution is 2.17. The van der Waals surface area contributed by atoms with Crippen LogP contribution in [-0.4, -0.2) is 22.5 Å². The van der Waals surface area contributed by atoms with Gasteiger partial charge >= 0.3 is 0 Å². The number of nitrogens with zero attached hydrogens (tertiary/aromatic N) is 2. The Balaban J connectivity index is 2.15. The lowest BCUT2D eigenvalue weighted by Gasteiger charge is -2.07. The Labute approximate surface area is 119 Å². The number of carbonyl (C=O) groups is 1. The highest BCUT2D eigenvalue weighted by Gasteiger charge is 2.10. The number of hydrogen-bond donors (Lipinski definition) is 1. The summed E-state index contributed by atoms with van der Waals surface area (Å²) in [5.74, 6) is 0.235. The topological polar surface area (TPSA) is 64.1 Å². The number of hydrogen-bond acceptors (Lipinski definition) is 4. The fraction of sp³-hybridized carbons (Fsp3) is 0.154. The molecule has 2 heterocycles. The minimum Gasteiger partial charge on any atom is -0.478 e. The van der Waals surface area contributed by atoms with E-state index in [-0.39, 0.29) is 5.91 Å². The molecule has 2 aromatic rings. The second kappa shape index (κ2) is 6.29. The average Bonchev–Trinajstić information content (AvgIpc) is 2.40. The zero-order valence-corrected chi connectivity index (χ0v) is 11.8. The molecule has 0 radical (unpaired) electrons. The van der Waals surface area contributed by atoms with E-state index in [1.54, 1.807) is 36.7 Å². The van der Waals surface area contributed by atoms with Gasteiger partial charge in [0.05, 0.1) is 12.2 Å². The van der Waals surface area contributed by atoms with Gasteiger partial charge in [-0.1, -0.05) is 0 Å². The van der Waals surface area contributed by atoms with E-state index in [1.165, 1.54) is 0 Å². The third-order valence-electron chi connectivity index (χ3n) is 2.29. The quantitative estimate of drug-likeness (QED) is 0.879. The maximum absolute atomic E-state index is 12.1. The number of carbonyl (C=O) groups excluding carboxylic acids is 1. The van der Waals surface area contributed by atoms with E-state index >= 15 is 0 Å². The molecule has 0 fully saturated rings. The van der Waals surface area contributed by atoms with Crippen LogP contribution in [0.2, 0.25) is 0 Å². The summed E-state index contributed by atoms with van der Waals surface area (Å²) in [6.07, 6.45) is 3.19. The van der Waals surface area contributed by atoms with Gasteiger partial charge in [-0.15, -0.1) is 0 Å². The Morgan fingerprint density at radius 1 is 1.37 bits per heavy atom. The molecular weight excluding hydrogens is 310 g/mol. The fourth-order valence-electron chi connectivity index (χ4n) is 1.47. The van der Waals surface area contributed by atoms with E-state index in [0.717, 1.165) is 0 Å². The SMILES string of the molecule is CCOc1cc(NC(=O)c2cccnc2Br)ccn1. The number of anilines is 1. The summed E-state index contributed by atoms with van der Waals surface area (Å²) in [5, 5.41) is 2.77. The number of aromatic nitrogens is 2. The zero-order chi connectivity index (χ0) is 13.7. The van der Waals surface area contributed by atoms with Crippen molar-refractivity contribution in [3.63, 3.8) is 0 Å². The van der Waals surface area contributed by atoms with E-state index in [4.69, 9.17) is 4.74 Å². The highest BCUT2D eigenvalue weighted by molar-refractivity contribution is 9.10. The van der Waals surface area contributed by atoms with Crippen LogP contribution in [0.15, 0.2) is 41.3 Å². The number of ether oxygens (including phenoxy) is 1. The van der Waals surface area contributed by atoms with Crippen molar-refractivity contribution in [1.82, 2.24) is 9.97 Å². The van der Waals surface area contributed by atoms with E-state index in [2.05, 4.69) is 31.2 Å². The maximum atomic E-state index is 12.1. The Morgan fingerprint density at radius 2 is 2.21 bits per heavy atom. The van der Waals surface area contributed by atoms with Crippen molar-refractivity contribution in [3.05, 3.63) is 46.8 Å². The van der Waals surface area contributed by atoms with Gasteiger partial charge in [0, 0.05) is 24.1 Å². The van der Waals surface area contributed by atoms with E-state index in [9.17, 15) is 4.79 Å². The summed E-state index contributed by atoms with van der Waals surface area (Å²) in [4.78, 5) is 20.1. The highest BCUT2D eigenvalue weighted by atomic mass is 79.9. The van der Waals surface area contributed by atoms with E-state index in [0.29, 0.717) is 28.3 Å². The molecule has 0 aliphatic rings. The standard InChI is InChI=1S/C13H12BrN3O2/c1-2-19-11-8-9(5-7-15-11)17-13(18)10-4-3-6-16-12(10)14/h3-8H,2H2,1H3,(H,15,17,18). The number of halogens is 1. The summed E-state index contributed by atoms with van der Waals surface area (Å²) < 4.78 is 5.78. The molecule has 5 nitrogen and oxygen atoms in total. The third-order valence-corrected chi connectivity index (χ3v) is 2.92. The summed E-state index contributed by atoms with van der Waals surface area (Å²) in [5.41, 5.74) is 1.09. The van der Waals surface area contributed by atoms with E-state index < -0.39 is 0 Å². The van der Waals surface area contributed by atoms with Crippen molar-refractivity contribution in [3.8, 4) is 5.88 Å². The van der Waals surface area contributed by atoms with Crippen molar-refractivity contribution >= 4 is 27.5 Å². The average molecular weight is 322 g/mol. The van der Waals surface area contributed by atoms with Gasteiger partial charge in [-0.2, -0.15) is 0 Å². The van der Waals surface area contributed by atoms with Crippen molar-refractivity contribution in [2.24, 2.45) is 0 Å². The van der Waals surface area contributed by atoms with Crippen LogP contribution < -0.4 is 10.1 Å². The first-order chi connectivity index (χ1) is 9.20. The minimum absolute atomic E-state index is 0.242. The fourth-order valence-corrected chi connectivity index (χ4v) is 1.90. The lowest BCUT2D eigenvalue weighted by atomic mass is 10.2. The summed E-state index contributed by atoms with van der Waals surface area (Å²) in [6.45, 7) is 2.40. The van der Waals surface area contributed by atoms with Crippen LogP contribution in [0.5, 0.6) is 5.88 Å². The molecule has 0 atom stereocenters. The van der Waals surface area contributed by atoms with Crippen molar-refractivity contribution in [1.29, 1.82) is 0 Å². The molecular formula is C13H12BrN3O2.